The Morgan fingerprint density at radius 2 is 1.61 bits per heavy atom. The summed E-state index contributed by atoms with van der Waals surface area (Å²) < 4.78 is 15.0. The van der Waals surface area contributed by atoms with E-state index in [9.17, 15) is 9.90 Å². The van der Waals surface area contributed by atoms with Gasteiger partial charge in [-0.2, -0.15) is 0 Å². The van der Waals surface area contributed by atoms with E-state index in [0.29, 0.717) is 11.3 Å². The highest BCUT2D eigenvalue weighted by atomic mass is 16.5. The third-order valence-corrected chi connectivity index (χ3v) is 3.32. The second-order valence-corrected chi connectivity index (χ2v) is 4.71. The van der Waals surface area contributed by atoms with Crippen LogP contribution in [-0.2, 0) is 4.74 Å². The van der Waals surface area contributed by atoms with Gasteiger partial charge in [-0.05, 0) is 29.3 Å². The maximum atomic E-state index is 11.9. The zero-order valence-electron chi connectivity index (χ0n) is 13.2. The molecule has 0 spiro atoms. The van der Waals surface area contributed by atoms with Crippen molar-refractivity contribution in [2.75, 3.05) is 21.3 Å². The molecule has 0 saturated carbocycles. The number of phenols is 1. The number of hydrogen-bond donors (Lipinski definition) is 1. The first kappa shape index (κ1) is 16.4. The number of benzene rings is 2. The van der Waals surface area contributed by atoms with Crippen LogP contribution in [0.3, 0.4) is 0 Å². The molecule has 5 heteroatoms. The minimum absolute atomic E-state index is 0.0954. The lowest BCUT2D eigenvalue weighted by Gasteiger charge is -2.09. The first-order valence-electron chi connectivity index (χ1n) is 6.90. The molecule has 120 valence electrons. The van der Waals surface area contributed by atoms with Gasteiger partial charge in [0, 0.05) is 6.07 Å². The molecule has 2 aromatic rings. The van der Waals surface area contributed by atoms with Crippen LogP contribution in [0.1, 0.15) is 21.5 Å². The Bertz CT molecular complexity index is 717. The average Bonchev–Trinajstić information content (AvgIpc) is 2.59. The molecule has 2 rings (SSSR count). The molecule has 5 nitrogen and oxygen atoms in total. The third-order valence-electron chi connectivity index (χ3n) is 3.32. The first-order valence-corrected chi connectivity index (χ1v) is 6.90. The van der Waals surface area contributed by atoms with E-state index in [1.165, 1.54) is 20.3 Å². The van der Waals surface area contributed by atoms with Gasteiger partial charge in [0.2, 0.25) is 0 Å². The molecule has 0 aliphatic heterocycles. The SMILES string of the molecule is COC(=O)c1c(O)cc(OC)cc1/C=C/c1ccc(OC)cc1. The number of aromatic hydroxyl groups is 1. The minimum atomic E-state index is -0.612. The van der Waals surface area contributed by atoms with Crippen LogP contribution < -0.4 is 9.47 Å². The van der Waals surface area contributed by atoms with Crippen molar-refractivity contribution >= 4 is 18.1 Å². The molecule has 23 heavy (non-hydrogen) atoms. The van der Waals surface area contributed by atoms with E-state index in [-0.39, 0.29) is 11.3 Å². The Morgan fingerprint density at radius 3 is 2.17 bits per heavy atom. The van der Waals surface area contributed by atoms with Crippen LogP contribution >= 0.6 is 0 Å². The summed E-state index contributed by atoms with van der Waals surface area (Å²) in [6.45, 7) is 0. The summed E-state index contributed by atoms with van der Waals surface area (Å²) in [5, 5.41) is 10.0. The van der Waals surface area contributed by atoms with E-state index in [4.69, 9.17) is 14.2 Å². The molecule has 0 fully saturated rings. The minimum Gasteiger partial charge on any atom is -0.507 e. The van der Waals surface area contributed by atoms with Crippen molar-refractivity contribution in [2.24, 2.45) is 0 Å². The zero-order chi connectivity index (χ0) is 16.8. The maximum Gasteiger partial charge on any atom is 0.342 e. The van der Waals surface area contributed by atoms with Gasteiger partial charge in [0.1, 0.15) is 22.8 Å². The third kappa shape index (κ3) is 3.83. The average molecular weight is 314 g/mol. The molecule has 0 heterocycles. The van der Waals surface area contributed by atoms with Crippen LogP contribution in [-0.4, -0.2) is 32.4 Å². The number of carbonyl (C=O) groups is 1. The van der Waals surface area contributed by atoms with E-state index in [1.807, 2.05) is 30.3 Å². The molecule has 0 aromatic heterocycles. The normalized spacial score (nSPS) is 10.6. The monoisotopic (exact) mass is 314 g/mol. The van der Waals surface area contributed by atoms with E-state index < -0.39 is 5.97 Å². The molecule has 0 atom stereocenters. The largest absolute Gasteiger partial charge is 0.507 e. The molecule has 1 N–H and O–H groups in total. The van der Waals surface area contributed by atoms with Gasteiger partial charge in [-0.15, -0.1) is 0 Å². The van der Waals surface area contributed by atoms with Crippen molar-refractivity contribution in [1.29, 1.82) is 0 Å². The summed E-state index contributed by atoms with van der Waals surface area (Å²) in [6, 6.07) is 10.5. The first-order chi connectivity index (χ1) is 11.1. The lowest BCUT2D eigenvalue weighted by Crippen LogP contribution is -2.04. The van der Waals surface area contributed by atoms with Crippen molar-refractivity contribution < 1.29 is 24.1 Å². The predicted octanol–water partition coefficient (Wildman–Crippen LogP) is 3.37. The van der Waals surface area contributed by atoms with Crippen molar-refractivity contribution in [2.45, 2.75) is 0 Å². The van der Waals surface area contributed by atoms with Gasteiger partial charge >= 0.3 is 5.97 Å². The summed E-state index contributed by atoms with van der Waals surface area (Å²) in [6.07, 6.45) is 3.54. The summed E-state index contributed by atoms with van der Waals surface area (Å²) in [5.41, 5.74) is 1.52. The van der Waals surface area contributed by atoms with E-state index >= 15 is 0 Å². The fraction of sp³-hybridized carbons (Fsp3) is 0.167. The molecule has 0 unspecified atom stereocenters. The second kappa shape index (κ2) is 7.35. The van der Waals surface area contributed by atoms with Gasteiger partial charge < -0.3 is 19.3 Å². The van der Waals surface area contributed by atoms with Gasteiger partial charge in [0.25, 0.3) is 0 Å². The molecule has 2 aromatic carbocycles. The van der Waals surface area contributed by atoms with Crippen LogP contribution in [0.15, 0.2) is 36.4 Å². The quantitative estimate of drug-likeness (QED) is 0.677. The van der Waals surface area contributed by atoms with Gasteiger partial charge in [-0.1, -0.05) is 24.3 Å². The number of hydrogen-bond acceptors (Lipinski definition) is 5. The lowest BCUT2D eigenvalue weighted by molar-refractivity contribution is 0.0597. The summed E-state index contributed by atoms with van der Waals surface area (Å²) in [4.78, 5) is 11.9. The highest BCUT2D eigenvalue weighted by molar-refractivity contribution is 5.98. The number of carbonyl (C=O) groups excluding carboxylic acids is 1. The van der Waals surface area contributed by atoms with E-state index in [0.717, 1.165) is 11.3 Å². The van der Waals surface area contributed by atoms with Crippen LogP contribution in [0.2, 0.25) is 0 Å². The molecule has 0 aliphatic carbocycles. The van der Waals surface area contributed by atoms with Gasteiger partial charge in [0.15, 0.2) is 0 Å². The van der Waals surface area contributed by atoms with Crippen LogP contribution in [0, 0.1) is 0 Å². The number of phenolic OH excluding ortho intramolecular Hbond substituents is 1. The highest BCUT2D eigenvalue weighted by Gasteiger charge is 2.17. The molecule has 0 amide bonds. The Balaban J connectivity index is 2.41. The summed E-state index contributed by atoms with van der Waals surface area (Å²) in [7, 11) is 4.36. The van der Waals surface area contributed by atoms with Crippen LogP contribution in [0.4, 0.5) is 0 Å². The highest BCUT2D eigenvalue weighted by Crippen LogP contribution is 2.30. The number of ether oxygens (including phenoxy) is 3. The summed E-state index contributed by atoms with van der Waals surface area (Å²) >= 11 is 0. The number of methoxy groups -OCH3 is 3. The zero-order valence-corrected chi connectivity index (χ0v) is 13.2. The van der Waals surface area contributed by atoms with Crippen molar-refractivity contribution in [3.63, 3.8) is 0 Å². The lowest BCUT2D eigenvalue weighted by atomic mass is 10.0. The predicted molar refractivity (Wildman–Crippen MR) is 87.9 cm³/mol. The number of rotatable bonds is 5. The topological polar surface area (TPSA) is 65.0 Å². The molecular formula is C18H18O5. The van der Waals surface area contributed by atoms with Crippen molar-refractivity contribution in [3.05, 3.63) is 53.1 Å². The Hall–Kier alpha value is -2.95. The molecular weight excluding hydrogens is 296 g/mol. The Morgan fingerprint density at radius 1 is 0.957 bits per heavy atom. The van der Waals surface area contributed by atoms with E-state index in [1.54, 1.807) is 19.3 Å². The summed E-state index contributed by atoms with van der Waals surface area (Å²) in [5.74, 6) is 0.408. The fourth-order valence-corrected chi connectivity index (χ4v) is 2.10. The van der Waals surface area contributed by atoms with Crippen molar-refractivity contribution in [1.82, 2.24) is 0 Å². The Labute approximate surface area is 134 Å². The smallest absolute Gasteiger partial charge is 0.342 e. The van der Waals surface area contributed by atoms with Gasteiger partial charge in [0.05, 0.1) is 21.3 Å². The standard InChI is InChI=1S/C18H18O5/c1-21-14-8-5-12(6-9-14)4-7-13-10-15(22-2)11-16(19)17(13)18(20)23-3/h4-11,19H,1-3H3/b7-4+. The Kier molecular flexibility index (Phi) is 5.25. The molecule has 0 radical (unpaired) electrons. The van der Waals surface area contributed by atoms with Crippen LogP contribution in [0.5, 0.6) is 17.2 Å². The second-order valence-electron chi connectivity index (χ2n) is 4.71. The molecule has 0 saturated heterocycles. The van der Waals surface area contributed by atoms with Crippen LogP contribution in [0.25, 0.3) is 12.2 Å². The van der Waals surface area contributed by atoms with Gasteiger partial charge in [-0.25, -0.2) is 4.79 Å². The van der Waals surface area contributed by atoms with Crippen molar-refractivity contribution in [3.8, 4) is 17.2 Å². The maximum absolute atomic E-state index is 11.9. The molecule has 0 aliphatic rings. The molecule has 0 bridgehead atoms. The number of esters is 1. The van der Waals surface area contributed by atoms with Gasteiger partial charge in [-0.3, -0.25) is 0 Å². The van der Waals surface area contributed by atoms with E-state index in [2.05, 4.69) is 0 Å². The fourth-order valence-electron chi connectivity index (χ4n) is 2.10.